The van der Waals surface area contributed by atoms with E-state index in [1.54, 1.807) is 9.13 Å². The third-order valence-electron chi connectivity index (χ3n) is 22.4. The first-order chi connectivity index (χ1) is 59.6. The van der Waals surface area contributed by atoms with Crippen molar-refractivity contribution in [2.24, 2.45) is 0 Å². The number of para-hydroxylation sites is 6. The fourth-order valence-electron chi connectivity index (χ4n) is 17.2. The predicted octanol–water partition coefficient (Wildman–Crippen LogP) is 26.3. The third kappa shape index (κ3) is 9.88. The number of rotatable bonds is 8. The SMILES string of the molecule is [2H]c1c([2H])c([2H])c2c(c1[2H])c1c([2H])c([2H])c([2H])c([2H])c1n2-c1ccc2c(c1)N(c1c(-c3ccccc3)cc(C(C)(C)C)cc1-c1cccc3oc4ccccc4c13)c1cc(C(C)(C)C)cc3c1B2c1ccc(-n2c4c([2H])c([2H])c([2H])c([2H])c4c4c([2H])c([2H])c([2H])c([2H])c42)cc1N3c1c(-c2ccccc2)cc(C(C)(C)C)cc1-c1cccc2oc3ccccc3c12. The van der Waals surface area contributed by atoms with Crippen LogP contribution in [0.1, 0.15) is 101 Å². The summed E-state index contributed by atoms with van der Waals surface area (Å²) in [4.78, 5) is 4.70. The van der Waals surface area contributed by atoms with Gasteiger partial charge in [0.05, 0.1) is 55.4 Å². The largest absolute Gasteiger partial charge is 0.456 e. The summed E-state index contributed by atoms with van der Waals surface area (Å²) in [6, 6.07) is 66.1. The van der Waals surface area contributed by atoms with Gasteiger partial charge < -0.3 is 27.8 Å². The van der Waals surface area contributed by atoms with Gasteiger partial charge in [-0.3, -0.25) is 0 Å². The molecule has 7 heteroatoms. The highest BCUT2D eigenvalue weighted by molar-refractivity contribution is 7.00. The highest BCUT2D eigenvalue weighted by Gasteiger charge is 2.47. The number of anilines is 6. The molecule has 0 bridgehead atoms. The Bertz CT molecular complexity index is 7420. The molecule has 0 saturated heterocycles. The maximum absolute atomic E-state index is 9.99. The van der Waals surface area contributed by atoms with Crippen molar-refractivity contribution in [3.63, 3.8) is 0 Å². The van der Waals surface area contributed by atoms with Crippen molar-refractivity contribution in [2.45, 2.75) is 78.6 Å². The maximum atomic E-state index is 9.99. The topological polar surface area (TPSA) is 42.6 Å². The minimum absolute atomic E-state index is 0.0655. The lowest BCUT2D eigenvalue weighted by Crippen LogP contribution is -2.61. The number of benzene rings is 15. The van der Waals surface area contributed by atoms with E-state index in [0.29, 0.717) is 67.4 Å². The van der Waals surface area contributed by atoms with E-state index in [1.807, 2.05) is 133 Å². The van der Waals surface area contributed by atoms with E-state index >= 15 is 0 Å². The van der Waals surface area contributed by atoms with Crippen LogP contribution in [0.3, 0.4) is 0 Å². The average molecular weight is 1420 g/mol. The Hall–Kier alpha value is -12.8. The molecule has 21 rings (SSSR count). The van der Waals surface area contributed by atoms with Crippen LogP contribution in [0.25, 0.3) is 143 Å². The summed E-state index contributed by atoms with van der Waals surface area (Å²) in [5.41, 5.74) is 17.2. The first-order valence-electron chi connectivity index (χ1n) is 45.0. The molecule has 6 heterocycles. The third-order valence-corrected chi connectivity index (χ3v) is 22.4. The minimum Gasteiger partial charge on any atom is -0.456 e. The van der Waals surface area contributed by atoms with Crippen LogP contribution in [0.15, 0.2) is 324 Å². The van der Waals surface area contributed by atoms with Crippen LogP contribution in [-0.2, 0) is 16.2 Å². The monoisotopic (exact) mass is 1420 g/mol. The highest BCUT2D eigenvalue weighted by Crippen LogP contribution is 2.57. The van der Waals surface area contributed by atoms with E-state index in [-0.39, 0.29) is 43.6 Å². The van der Waals surface area contributed by atoms with Crippen LogP contribution >= 0.6 is 0 Å². The predicted molar refractivity (Wildman–Crippen MR) is 462 cm³/mol. The van der Waals surface area contributed by atoms with Gasteiger partial charge in [0, 0.05) is 99.5 Å². The van der Waals surface area contributed by atoms with Crippen molar-refractivity contribution >= 4 is 145 Å². The van der Waals surface area contributed by atoms with Crippen molar-refractivity contribution < 1.29 is 30.8 Å². The molecule has 4 aromatic heterocycles. The molecule has 0 saturated carbocycles. The normalized spacial score (nSPS) is 15.2. The molecule has 0 spiro atoms. The number of hydrogen-bond acceptors (Lipinski definition) is 4. The zero-order chi connectivity index (χ0) is 87.4. The molecule has 0 radical (unpaired) electrons. The average Bonchev–Trinajstić information content (AvgIpc) is 1.01. The van der Waals surface area contributed by atoms with Gasteiger partial charge in [-0.1, -0.05) is 268 Å². The van der Waals surface area contributed by atoms with Crippen LogP contribution in [0.4, 0.5) is 34.1 Å². The summed E-state index contributed by atoms with van der Waals surface area (Å²) in [7, 11) is 0. The van der Waals surface area contributed by atoms with E-state index in [1.165, 1.54) is 0 Å². The Kier molecular flexibility index (Phi) is 10.9. The quantitative estimate of drug-likeness (QED) is 0.142. The van der Waals surface area contributed by atoms with Crippen molar-refractivity contribution in [2.75, 3.05) is 9.80 Å². The summed E-state index contributed by atoms with van der Waals surface area (Å²) in [5, 5.41) is 3.15. The Balaban J connectivity index is 1.00. The number of hydrogen-bond donors (Lipinski definition) is 0. The molecule has 522 valence electrons. The second-order valence-corrected chi connectivity index (χ2v) is 32.0. The number of aromatic nitrogens is 2. The van der Waals surface area contributed by atoms with Gasteiger partial charge in [-0.2, -0.15) is 0 Å². The maximum Gasteiger partial charge on any atom is 0.252 e. The van der Waals surface area contributed by atoms with E-state index in [4.69, 9.17) is 8.83 Å². The van der Waals surface area contributed by atoms with Gasteiger partial charge in [-0.25, -0.2) is 0 Å². The zero-order valence-electron chi connectivity index (χ0n) is 77.5. The molecule has 0 aliphatic carbocycles. The van der Waals surface area contributed by atoms with Crippen molar-refractivity contribution in [3.8, 4) is 55.9 Å². The van der Waals surface area contributed by atoms with Gasteiger partial charge in [-0.05, 0) is 181 Å². The Morgan fingerprint density at radius 1 is 0.294 bits per heavy atom. The van der Waals surface area contributed by atoms with Gasteiger partial charge >= 0.3 is 0 Å². The summed E-state index contributed by atoms with van der Waals surface area (Å²) >= 11 is 0. The van der Waals surface area contributed by atoms with E-state index in [2.05, 4.69) is 157 Å². The molecular weight excluding hydrogens is 1320 g/mol. The van der Waals surface area contributed by atoms with Gasteiger partial charge in [-0.15, -0.1) is 0 Å². The second kappa shape index (κ2) is 23.8. The van der Waals surface area contributed by atoms with Gasteiger partial charge in [0.2, 0.25) is 0 Å². The number of furan rings is 2. The Morgan fingerprint density at radius 3 is 1.02 bits per heavy atom. The zero-order valence-corrected chi connectivity index (χ0v) is 61.5. The molecule has 0 unspecified atom stereocenters. The lowest BCUT2D eigenvalue weighted by atomic mass is 9.33. The van der Waals surface area contributed by atoms with Gasteiger partial charge in [0.1, 0.15) is 22.3 Å². The Labute approximate surface area is 657 Å². The molecule has 19 aromatic rings. The molecule has 2 aliphatic rings. The fraction of sp³-hybridized carbons (Fsp3) is 0.118. The second-order valence-electron chi connectivity index (χ2n) is 32.0. The van der Waals surface area contributed by atoms with Crippen LogP contribution in [0, 0.1) is 0 Å². The number of fused-ring (bicyclic) bond motifs is 16. The van der Waals surface area contributed by atoms with Crippen molar-refractivity contribution in [3.05, 3.63) is 332 Å². The molecule has 2 aliphatic heterocycles. The van der Waals surface area contributed by atoms with Gasteiger partial charge in [0.25, 0.3) is 6.71 Å². The molecular formula is C102H79BN4O2. The molecule has 15 aromatic carbocycles. The lowest BCUT2D eigenvalue weighted by Gasteiger charge is -2.47. The standard InChI is InChI=1S/C102H79BN4O2/c1-100(2,3)64-54-77(62-30-12-10-13-31-62)98(79(56-64)73-40-28-48-93-95(73)75-38-20-26-46-91(75)108-93)106-87-60-67(104-83-42-22-16-34-69(83)70-35-17-23-43-84(70)104)50-52-81(87)103-82-53-51-68(105-85-44-24-18-36-71(85)72-37-19-25-45-86(72)105)61-88(82)107(90-59-66(102(7,8)9)58-89(106)97(90)103)99-78(63-32-14-11-15-33-63)55-65(101(4,5)6)57-80(99)74-41-29-49-94-96(74)76-39-21-27-47-92(76)109-94/h10-61H,1-9H3/i16D,17D,18D,19D,22D,23D,24D,25D,34D,35D,36D,37D,42D,43D,44D,45D. The van der Waals surface area contributed by atoms with Crippen molar-refractivity contribution in [1.82, 2.24) is 9.13 Å². The van der Waals surface area contributed by atoms with Crippen molar-refractivity contribution in [1.29, 1.82) is 0 Å². The molecule has 109 heavy (non-hydrogen) atoms. The lowest BCUT2D eigenvalue weighted by molar-refractivity contribution is 0.590. The fourth-order valence-corrected chi connectivity index (χ4v) is 17.2. The summed E-state index contributed by atoms with van der Waals surface area (Å²) in [5.74, 6) is 0. The van der Waals surface area contributed by atoms with Crippen LogP contribution < -0.4 is 26.2 Å². The van der Waals surface area contributed by atoms with Crippen LogP contribution in [0.2, 0.25) is 0 Å². The van der Waals surface area contributed by atoms with Crippen LogP contribution in [0.5, 0.6) is 0 Å². The van der Waals surface area contributed by atoms with E-state index in [9.17, 15) is 21.9 Å². The van der Waals surface area contributed by atoms with Crippen LogP contribution in [-0.4, -0.2) is 15.8 Å². The Morgan fingerprint density at radius 2 is 0.633 bits per heavy atom. The molecule has 0 fully saturated rings. The highest BCUT2D eigenvalue weighted by atomic mass is 16.3. The first-order valence-corrected chi connectivity index (χ1v) is 37.0. The molecule has 0 atom stereocenters. The van der Waals surface area contributed by atoms with E-state index in [0.717, 1.165) is 99.6 Å². The summed E-state index contributed by atoms with van der Waals surface area (Å²) in [6.45, 7) is 19.0. The molecule has 0 amide bonds. The summed E-state index contributed by atoms with van der Waals surface area (Å²) in [6.07, 6.45) is 0. The molecule has 6 nitrogen and oxygen atoms in total. The molecule has 0 N–H and O–H groups in total. The first kappa shape index (κ1) is 49.9. The van der Waals surface area contributed by atoms with E-state index < -0.39 is 120 Å². The number of nitrogens with zero attached hydrogens (tertiary/aromatic N) is 4. The minimum atomic E-state index is -0.826. The summed E-state index contributed by atoms with van der Waals surface area (Å²) < 4.78 is 170. The smallest absolute Gasteiger partial charge is 0.252 e. The van der Waals surface area contributed by atoms with Gasteiger partial charge in [0.15, 0.2) is 0 Å².